The molecule has 0 bridgehead atoms. The van der Waals surface area contributed by atoms with Crippen LogP contribution in [0.15, 0.2) is 52.2 Å². The Morgan fingerprint density at radius 3 is 2.29 bits per heavy atom. The van der Waals surface area contributed by atoms with Gasteiger partial charge in [0.2, 0.25) is 5.91 Å². The zero-order valence-corrected chi connectivity index (χ0v) is 18.1. The third-order valence-electron chi connectivity index (χ3n) is 6.32. The molecule has 2 aliphatic carbocycles. The maximum absolute atomic E-state index is 12.6. The lowest BCUT2D eigenvalue weighted by Crippen LogP contribution is -2.23. The van der Waals surface area contributed by atoms with Gasteiger partial charge in [-0.15, -0.1) is 0 Å². The van der Waals surface area contributed by atoms with E-state index in [1.54, 1.807) is 24.3 Å². The molecule has 1 aromatic heterocycles. The average molecular weight is 439 g/mol. The number of nitrogens with one attached hydrogen (secondary N) is 2. The minimum Gasteiger partial charge on any atom is -0.350 e. The molecule has 2 saturated carbocycles. The maximum Gasteiger partial charge on any atom is 0.251 e. The van der Waals surface area contributed by atoms with E-state index in [0.29, 0.717) is 35.3 Å². The van der Waals surface area contributed by atoms with Crippen LogP contribution in [0, 0.1) is 5.92 Å². The first-order valence-electron chi connectivity index (χ1n) is 11.0. The third kappa shape index (κ3) is 4.51. The molecule has 7 heteroatoms. The highest BCUT2D eigenvalue weighted by Gasteiger charge is 2.29. The normalized spacial score (nSPS) is 21.9. The van der Waals surface area contributed by atoms with Crippen molar-refractivity contribution >= 4 is 21.3 Å². The second-order valence-electron chi connectivity index (χ2n) is 8.97. The Hall–Kier alpha value is -2.67. The van der Waals surface area contributed by atoms with Crippen molar-refractivity contribution in [3.63, 3.8) is 0 Å². The zero-order valence-electron chi connectivity index (χ0n) is 17.3. The molecule has 2 N–H and O–H groups in total. The summed E-state index contributed by atoms with van der Waals surface area (Å²) in [6.45, 7) is 0. The molecule has 0 radical (unpaired) electrons. The van der Waals surface area contributed by atoms with E-state index >= 15 is 0 Å². The molecule has 1 atom stereocenters. The van der Waals surface area contributed by atoms with Crippen LogP contribution in [-0.4, -0.2) is 31.1 Å². The fourth-order valence-electron chi connectivity index (χ4n) is 4.20. The topological polar surface area (TPSA) is 96.1 Å². The summed E-state index contributed by atoms with van der Waals surface area (Å²) in [4.78, 5) is 27.6. The van der Waals surface area contributed by atoms with Gasteiger partial charge < -0.3 is 10.3 Å². The average Bonchev–Trinajstić information content (AvgIpc) is 3.67. The molecule has 0 unspecified atom stereocenters. The Bertz CT molecular complexity index is 1200. The fourth-order valence-corrected chi connectivity index (χ4v) is 5.89. The predicted octanol–water partition coefficient (Wildman–Crippen LogP) is 3.15. The van der Waals surface area contributed by atoms with Gasteiger partial charge in [-0.25, -0.2) is 8.42 Å². The molecule has 3 fully saturated rings. The van der Waals surface area contributed by atoms with E-state index in [-0.39, 0.29) is 23.3 Å². The van der Waals surface area contributed by atoms with Crippen LogP contribution in [0.25, 0.3) is 5.57 Å². The number of H-pyrrole nitrogens is 1. The predicted molar refractivity (Wildman–Crippen MR) is 119 cm³/mol. The highest BCUT2D eigenvalue weighted by Crippen LogP contribution is 2.38. The van der Waals surface area contributed by atoms with E-state index in [1.807, 2.05) is 18.2 Å². The Labute approximate surface area is 181 Å². The molecular weight excluding hydrogens is 412 g/mol. The molecule has 1 aliphatic heterocycles. The van der Waals surface area contributed by atoms with Crippen LogP contribution in [-0.2, 0) is 14.6 Å². The van der Waals surface area contributed by atoms with E-state index in [2.05, 4.69) is 10.3 Å². The second kappa shape index (κ2) is 7.79. The van der Waals surface area contributed by atoms with Gasteiger partial charge in [0, 0.05) is 29.3 Å². The summed E-state index contributed by atoms with van der Waals surface area (Å²) in [7, 11) is -3.28. The van der Waals surface area contributed by atoms with Crippen molar-refractivity contribution in [2.24, 2.45) is 5.92 Å². The SMILES string of the molecule is O=C1CC[C@H](C=C(c2ccc(S(=O)(=O)CC3CC3)cc2)c2ccc(C3CC3)c(=O)[nH]2)N1. The summed E-state index contributed by atoms with van der Waals surface area (Å²) in [5.41, 5.74) is 3.01. The molecule has 31 heavy (non-hydrogen) atoms. The van der Waals surface area contributed by atoms with Crippen LogP contribution in [0.5, 0.6) is 0 Å². The van der Waals surface area contributed by atoms with Crippen molar-refractivity contribution in [3.05, 3.63) is 69.6 Å². The second-order valence-corrected chi connectivity index (χ2v) is 11.0. The monoisotopic (exact) mass is 438 g/mol. The van der Waals surface area contributed by atoms with Gasteiger partial charge in [0.05, 0.1) is 10.6 Å². The standard InChI is InChI=1S/C24H26N2O4S/c27-23-12-7-18(25-23)13-21(22-11-10-20(16-3-4-16)24(28)26-22)17-5-8-19(9-6-17)31(29,30)14-15-1-2-15/h5-6,8-11,13,15-16,18H,1-4,7,12,14H2,(H,25,27)(H,26,28)/t18-/m1/s1. The number of aromatic amines is 1. The van der Waals surface area contributed by atoms with E-state index in [9.17, 15) is 18.0 Å². The van der Waals surface area contributed by atoms with Gasteiger partial charge in [-0.05, 0) is 67.7 Å². The smallest absolute Gasteiger partial charge is 0.251 e. The van der Waals surface area contributed by atoms with E-state index in [4.69, 9.17) is 0 Å². The van der Waals surface area contributed by atoms with Crippen molar-refractivity contribution in [3.8, 4) is 0 Å². The first-order valence-corrected chi connectivity index (χ1v) is 12.6. The molecule has 5 rings (SSSR count). The zero-order chi connectivity index (χ0) is 21.6. The number of carbonyl (C=O) groups is 1. The van der Waals surface area contributed by atoms with E-state index < -0.39 is 9.84 Å². The number of carbonyl (C=O) groups excluding carboxylic acids is 1. The minimum absolute atomic E-state index is 0.0136. The van der Waals surface area contributed by atoms with Crippen LogP contribution in [0.2, 0.25) is 0 Å². The van der Waals surface area contributed by atoms with Gasteiger partial charge in [0.1, 0.15) is 0 Å². The number of pyridine rings is 1. The maximum atomic E-state index is 12.6. The first kappa shape index (κ1) is 20.2. The lowest BCUT2D eigenvalue weighted by Gasteiger charge is -2.13. The van der Waals surface area contributed by atoms with Gasteiger partial charge in [-0.2, -0.15) is 0 Å². The molecule has 162 valence electrons. The van der Waals surface area contributed by atoms with Crippen molar-refractivity contribution in [1.82, 2.24) is 10.3 Å². The highest BCUT2D eigenvalue weighted by atomic mass is 32.2. The number of rotatable bonds is 7. The summed E-state index contributed by atoms with van der Waals surface area (Å²) in [5.74, 6) is 0.871. The van der Waals surface area contributed by atoms with E-state index in [1.165, 1.54) is 0 Å². The van der Waals surface area contributed by atoms with Gasteiger partial charge in [-0.3, -0.25) is 9.59 Å². The Morgan fingerprint density at radius 1 is 0.968 bits per heavy atom. The van der Waals surface area contributed by atoms with Gasteiger partial charge in [0.15, 0.2) is 9.84 Å². The van der Waals surface area contributed by atoms with Gasteiger partial charge in [-0.1, -0.05) is 24.3 Å². The number of aromatic nitrogens is 1. The summed E-state index contributed by atoms with van der Waals surface area (Å²) in [6, 6.07) is 10.5. The Kier molecular flexibility index (Phi) is 5.08. The fraction of sp³-hybridized carbons (Fsp3) is 0.417. The third-order valence-corrected chi connectivity index (χ3v) is 8.22. The van der Waals surface area contributed by atoms with Crippen LogP contribution < -0.4 is 10.9 Å². The van der Waals surface area contributed by atoms with Crippen LogP contribution >= 0.6 is 0 Å². The molecular formula is C24H26N2O4S. The van der Waals surface area contributed by atoms with Crippen LogP contribution in [0.4, 0.5) is 0 Å². The van der Waals surface area contributed by atoms with Crippen LogP contribution in [0.1, 0.15) is 61.3 Å². The van der Waals surface area contributed by atoms with Crippen molar-refractivity contribution in [1.29, 1.82) is 0 Å². The van der Waals surface area contributed by atoms with E-state index in [0.717, 1.165) is 42.4 Å². The molecule has 6 nitrogen and oxygen atoms in total. The quantitative estimate of drug-likeness (QED) is 0.694. The number of hydrogen-bond acceptors (Lipinski definition) is 4. The number of benzene rings is 1. The number of hydrogen-bond donors (Lipinski definition) is 2. The van der Waals surface area contributed by atoms with Crippen molar-refractivity contribution in [2.75, 3.05) is 5.75 Å². The summed E-state index contributed by atoms with van der Waals surface area (Å²) in [5, 5.41) is 2.94. The Morgan fingerprint density at radius 2 is 1.71 bits per heavy atom. The highest BCUT2D eigenvalue weighted by molar-refractivity contribution is 7.91. The molecule has 1 aromatic carbocycles. The number of amides is 1. The molecule has 2 aromatic rings. The molecule has 1 amide bonds. The lowest BCUT2D eigenvalue weighted by molar-refractivity contribution is -0.119. The summed E-state index contributed by atoms with van der Waals surface area (Å²) < 4.78 is 25.2. The Balaban J connectivity index is 1.49. The molecule has 0 spiro atoms. The summed E-state index contributed by atoms with van der Waals surface area (Å²) in [6.07, 6.45) is 7.21. The van der Waals surface area contributed by atoms with Crippen molar-refractivity contribution < 1.29 is 13.2 Å². The largest absolute Gasteiger partial charge is 0.350 e. The van der Waals surface area contributed by atoms with Crippen LogP contribution in [0.3, 0.4) is 0 Å². The first-order chi connectivity index (χ1) is 14.9. The van der Waals surface area contributed by atoms with Gasteiger partial charge in [0.25, 0.3) is 5.56 Å². The minimum atomic E-state index is -3.28. The van der Waals surface area contributed by atoms with Gasteiger partial charge >= 0.3 is 0 Å². The molecule has 1 saturated heterocycles. The molecule has 3 aliphatic rings. The summed E-state index contributed by atoms with van der Waals surface area (Å²) >= 11 is 0. The molecule has 2 heterocycles. The lowest BCUT2D eigenvalue weighted by atomic mass is 9.98. The van der Waals surface area contributed by atoms with Crippen molar-refractivity contribution in [2.45, 2.75) is 55.4 Å². The number of sulfone groups is 1.